The molecule has 2 heterocycles. The summed E-state index contributed by atoms with van der Waals surface area (Å²) in [5.74, 6) is -2.08. The van der Waals surface area contributed by atoms with Gasteiger partial charge >= 0.3 is 11.8 Å². The molecule has 0 saturated carbocycles. The Morgan fingerprint density at radius 1 is 0.658 bits per heavy atom. The average molecular weight is 567 g/mol. The molecule has 4 rings (SSSR count). The summed E-state index contributed by atoms with van der Waals surface area (Å²) in [7, 11) is -7.64. The lowest BCUT2D eigenvalue weighted by molar-refractivity contribution is -0.133. The van der Waals surface area contributed by atoms with Crippen molar-refractivity contribution in [2.24, 2.45) is 0 Å². The molecule has 2 saturated heterocycles. The Bertz CT molecular complexity index is 1320. The molecule has 206 valence electrons. The van der Waals surface area contributed by atoms with E-state index < -0.39 is 31.9 Å². The Balaban J connectivity index is 1.48. The molecule has 2 N–H and O–H groups in total. The van der Waals surface area contributed by atoms with Crippen LogP contribution in [0.3, 0.4) is 0 Å². The lowest BCUT2D eigenvalue weighted by Gasteiger charge is -2.27. The van der Waals surface area contributed by atoms with Crippen molar-refractivity contribution in [2.45, 2.75) is 23.6 Å². The molecule has 0 spiro atoms. The largest absolute Gasteiger partial charge is 0.379 e. The summed E-state index contributed by atoms with van der Waals surface area (Å²) < 4.78 is 65.5. The third kappa shape index (κ3) is 6.06. The summed E-state index contributed by atoms with van der Waals surface area (Å²) in [4.78, 5) is 25.3. The highest BCUT2D eigenvalue weighted by Gasteiger charge is 2.30. The van der Waals surface area contributed by atoms with Crippen LogP contribution in [0.2, 0.25) is 0 Å². The van der Waals surface area contributed by atoms with Crippen molar-refractivity contribution in [3.05, 3.63) is 47.5 Å². The number of benzene rings is 2. The van der Waals surface area contributed by atoms with Crippen molar-refractivity contribution < 1.29 is 35.9 Å². The fraction of sp³-hybridized carbons (Fsp3) is 0.417. The lowest BCUT2D eigenvalue weighted by Crippen LogP contribution is -2.41. The minimum absolute atomic E-state index is 0.0223. The molecule has 0 aliphatic carbocycles. The second kappa shape index (κ2) is 11.5. The zero-order chi connectivity index (χ0) is 27.5. The number of nitrogens with zero attached hydrogens (tertiary/aromatic N) is 2. The summed E-state index contributed by atoms with van der Waals surface area (Å²) >= 11 is 0. The topological polar surface area (TPSA) is 151 Å². The Labute approximate surface area is 222 Å². The van der Waals surface area contributed by atoms with Crippen LogP contribution >= 0.6 is 0 Å². The summed E-state index contributed by atoms with van der Waals surface area (Å²) in [6, 6.07) is 8.71. The Morgan fingerprint density at radius 3 is 1.34 bits per heavy atom. The number of hydrogen-bond acceptors (Lipinski definition) is 8. The van der Waals surface area contributed by atoms with Crippen LogP contribution in [-0.2, 0) is 39.1 Å². The molecule has 2 amide bonds. The van der Waals surface area contributed by atoms with E-state index in [9.17, 15) is 26.4 Å². The Morgan fingerprint density at radius 2 is 1.00 bits per heavy atom. The molecule has 0 bridgehead atoms. The predicted molar refractivity (Wildman–Crippen MR) is 139 cm³/mol. The van der Waals surface area contributed by atoms with Crippen LogP contribution in [0.25, 0.3) is 0 Å². The number of aryl methyl sites for hydroxylation is 2. The molecule has 2 aromatic rings. The van der Waals surface area contributed by atoms with Crippen molar-refractivity contribution in [2.75, 3.05) is 63.2 Å². The molecule has 2 fully saturated rings. The number of morpholine rings is 2. The summed E-state index contributed by atoms with van der Waals surface area (Å²) in [6.07, 6.45) is 0. The highest BCUT2D eigenvalue weighted by Crippen LogP contribution is 2.26. The van der Waals surface area contributed by atoms with Crippen molar-refractivity contribution in [1.82, 2.24) is 8.61 Å². The first kappa shape index (κ1) is 28.1. The van der Waals surface area contributed by atoms with E-state index in [2.05, 4.69) is 10.6 Å². The van der Waals surface area contributed by atoms with Crippen LogP contribution in [0.5, 0.6) is 0 Å². The van der Waals surface area contributed by atoms with E-state index >= 15 is 0 Å². The number of rotatable bonds is 6. The molecule has 14 heteroatoms. The molecule has 0 unspecified atom stereocenters. The van der Waals surface area contributed by atoms with Crippen molar-refractivity contribution >= 4 is 43.2 Å². The number of sulfonamides is 2. The van der Waals surface area contributed by atoms with Gasteiger partial charge in [0.05, 0.1) is 36.2 Å². The van der Waals surface area contributed by atoms with E-state index in [4.69, 9.17) is 9.47 Å². The number of anilines is 2. The first-order valence-corrected chi connectivity index (χ1v) is 14.9. The highest BCUT2D eigenvalue weighted by molar-refractivity contribution is 7.89. The molecule has 38 heavy (non-hydrogen) atoms. The zero-order valence-corrected chi connectivity index (χ0v) is 22.7. The van der Waals surface area contributed by atoms with E-state index in [1.165, 1.54) is 32.9 Å². The van der Waals surface area contributed by atoms with Crippen molar-refractivity contribution in [3.63, 3.8) is 0 Å². The van der Waals surface area contributed by atoms with Crippen molar-refractivity contribution in [1.29, 1.82) is 0 Å². The monoisotopic (exact) mass is 566 g/mol. The van der Waals surface area contributed by atoms with Crippen LogP contribution in [0, 0.1) is 13.8 Å². The maximum Gasteiger partial charge on any atom is 0.314 e. The number of ether oxygens (including phenoxy) is 2. The van der Waals surface area contributed by atoms with Gasteiger partial charge in [-0.1, -0.05) is 12.1 Å². The molecule has 2 aliphatic heterocycles. The quantitative estimate of drug-likeness (QED) is 0.490. The standard InChI is InChI=1S/C24H30N4O8S2/c1-17-3-5-19(15-21(17)37(31,32)27-7-11-35-12-8-27)25-23(29)24(30)26-20-6-4-18(2)22(16-20)38(33,34)28-9-13-36-14-10-28/h3-6,15-16H,7-14H2,1-2H3,(H,25,29)(H,26,30). The lowest BCUT2D eigenvalue weighted by atomic mass is 10.2. The number of carbonyl (C=O) groups is 2. The molecular formula is C24H30N4O8S2. The van der Waals surface area contributed by atoms with E-state index in [1.807, 2.05) is 0 Å². The first-order valence-electron chi connectivity index (χ1n) is 12.0. The minimum atomic E-state index is -3.82. The number of nitrogens with one attached hydrogen (secondary N) is 2. The fourth-order valence-corrected chi connectivity index (χ4v) is 7.46. The molecule has 0 radical (unpaired) electrons. The molecule has 12 nitrogen and oxygen atoms in total. The van der Waals surface area contributed by atoms with Gasteiger partial charge in [-0.25, -0.2) is 16.8 Å². The maximum atomic E-state index is 13.1. The number of amides is 2. The van der Waals surface area contributed by atoms with Gasteiger partial charge in [-0.15, -0.1) is 0 Å². The van der Waals surface area contributed by atoms with Crippen LogP contribution in [0.15, 0.2) is 46.2 Å². The van der Waals surface area contributed by atoms with Gasteiger partial charge in [0, 0.05) is 37.6 Å². The molecular weight excluding hydrogens is 536 g/mol. The molecule has 2 aromatic carbocycles. The minimum Gasteiger partial charge on any atom is -0.379 e. The summed E-state index contributed by atoms with van der Waals surface area (Å²) in [5, 5.41) is 4.83. The fourth-order valence-electron chi connectivity index (χ4n) is 4.14. The van der Waals surface area contributed by atoms with E-state index in [0.29, 0.717) is 37.6 Å². The van der Waals surface area contributed by atoms with Gasteiger partial charge in [0.15, 0.2) is 0 Å². The smallest absolute Gasteiger partial charge is 0.314 e. The van der Waals surface area contributed by atoms with E-state index in [1.54, 1.807) is 26.0 Å². The van der Waals surface area contributed by atoms with Crippen LogP contribution in [-0.4, -0.2) is 89.9 Å². The van der Waals surface area contributed by atoms with E-state index in [0.717, 1.165) is 0 Å². The Kier molecular flexibility index (Phi) is 8.49. The van der Waals surface area contributed by atoms with Gasteiger partial charge in [0.25, 0.3) is 0 Å². The highest BCUT2D eigenvalue weighted by atomic mass is 32.2. The second-order valence-electron chi connectivity index (χ2n) is 8.90. The number of hydrogen-bond donors (Lipinski definition) is 2. The van der Waals surface area contributed by atoms with Crippen molar-refractivity contribution in [3.8, 4) is 0 Å². The van der Waals surface area contributed by atoms with Gasteiger partial charge in [0.2, 0.25) is 20.0 Å². The first-order chi connectivity index (χ1) is 18.0. The number of carbonyl (C=O) groups excluding carboxylic acids is 2. The maximum absolute atomic E-state index is 13.1. The van der Waals surface area contributed by atoms with Crippen LogP contribution < -0.4 is 10.6 Å². The average Bonchev–Trinajstić information content (AvgIpc) is 2.91. The SMILES string of the molecule is Cc1ccc(NC(=O)C(=O)Nc2ccc(C)c(S(=O)(=O)N3CCOCC3)c2)cc1S(=O)(=O)N1CCOCC1. The van der Waals surface area contributed by atoms with Gasteiger partial charge in [-0.3, -0.25) is 9.59 Å². The molecule has 0 aromatic heterocycles. The third-order valence-electron chi connectivity index (χ3n) is 6.27. The van der Waals surface area contributed by atoms with E-state index in [-0.39, 0.29) is 47.3 Å². The normalized spacial score (nSPS) is 17.6. The molecule has 0 atom stereocenters. The zero-order valence-electron chi connectivity index (χ0n) is 21.1. The second-order valence-corrected chi connectivity index (χ2v) is 12.7. The Hall–Kier alpha value is -2.88. The third-order valence-corrected chi connectivity index (χ3v) is 10.4. The van der Waals surface area contributed by atoms with Gasteiger partial charge in [-0.05, 0) is 49.2 Å². The summed E-state index contributed by atoms with van der Waals surface area (Å²) in [6.45, 7) is 5.36. The van der Waals surface area contributed by atoms with Gasteiger partial charge in [-0.2, -0.15) is 8.61 Å². The predicted octanol–water partition coefficient (Wildman–Crippen LogP) is 0.922. The van der Waals surface area contributed by atoms with Gasteiger partial charge in [0.1, 0.15) is 0 Å². The molecule has 2 aliphatic rings. The van der Waals surface area contributed by atoms with Crippen LogP contribution in [0.1, 0.15) is 11.1 Å². The van der Waals surface area contributed by atoms with Crippen LogP contribution in [0.4, 0.5) is 11.4 Å². The summed E-state index contributed by atoms with van der Waals surface area (Å²) in [5.41, 5.74) is 1.24. The van der Waals surface area contributed by atoms with Gasteiger partial charge < -0.3 is 20.1 Å².